The summed E-state index contributed by atoms with van der Waals surface area (Å²) in [5.41, 5.74) is 3.51. The predicted octanol–water partition coefficient (Wildman–Crippen LogP) is 3.14. The molecule has 0 unspecified atom stereocenters. The lowest BCUT2D eigenvalue weighted by Crippen LogP contribution is -2.46. The van der Waals surface area contributed by atoms with Crippen molar-refractivity contribution in [1.29, 1.82) is 0 Å². The van der Waals surface area contributed by atoms with Gasteiger partial charge in [0.05, 0.1) is 29.7 Å². The summed E-state index contributed by atoms with van der Waals surface area (Å²) in [6.45, 7) is 0.533. The third-order valence-electron chi connectivity index (χ3n) is 6.09. The highest BCUT2D eigenvalue weighted by atomic mass is 16.5. The molecule has 1 aliphatic heterocycles. The highest BCUT2D eigenvalue weighted by Gasteiger charge is 2.29. The maximum Gasteiger partial charge on any atom is 0.288 e. The highest BCUT2D eigenvalue weighted by Crippen LogP contribution is 2.35. The van der Waals surface area contributed by atoms with Crippen LogP contribution in [0.15, 0.2) is 66.8 Å². The van der Waals surface area contributed by atoms with Gasteiger partial charge in [0, 0.05) is 26.0 Å². The molecule has 2 aromatic heterocycles. The number of anilines is 1. The lowest BCUT2D eigenvalue weighted by atomic mass is 9.92. The van der Waals surface area contributed by atoms with Crippen molar-refractivity contribution in [3.05, 3.63) is 72.4 Å². The number of ether oxygens (including phenoxy) is 1. The second-order valence-corrected chi connectivity index (χ2v) is 8.55. The third kappa shape index (κ3) is 4.61. The van der Waals surface area contributed by atoms with Crippen molar-refractivity contribution in [3.8, 4) is 17.1 Å². The Kier molecular flexibility index (Phi) is 5.83. The van der Waals surface area contributed by atoms with E-state index in [4.69, 9.17) is 4.74 Å². The molecule has 1 saturated carbocycles. The molecule has 170 valence electrons. The molecule has 5 rings (SSSR count). The van der Waals surface area contributed by atoms with Crippen molar-refractivity contribution < 1.29 is 14.6 Å². The minimum Gasteiger partial charge on any atom is -0.448 e. The molecule has 1 fully saturated rings. The molecule has 8 heteroatoms. The van der Waals surface area contributed by atoms with Crippen LogP contribution in [0.5, 0.6) is 5.75 Å². The molecule has 0 saturated heterocycles. The number of carbonyl (C=O) groups excluding carboxylic acids is 1. The molecule has 8 nitrogen and oxygen atoms in total. The summed E-state index contributed by atoms with van der Waals surface area (Å²) in [4.78, 5) is 19.5. The zero-order valence-corrected chi connectivity index (χ0v) is 18.5. The van der Waals surface area contributed by atoms with Gasteiger partial charge in [-0.05, 0) is 48.7 Å². The number of hydrogen-bond donors (Lipinski definition) is 2. The standard InChI is InChI=1S/C25H27N5O3/c1-29-13-11-18(28-29)20-14-17(10-12-26-20)15-30-16-24(33-23-9-5-3-7-21(23)30)25(32)27-19-6-2-4-8-22(19)31/h3,5,7,9-14,16,19,22,31H,2,4,6,8,15H2,1H3,(H,27,32)/t19-,22-/m0/s1. The monoisotopic (exact) mass is 445 g/mol. The highest BCUT2D eigenvalue weighted by molar-refractivity contribution is 5.93. The van der Waals surface area contributed by atoms with Crippen LogP contribution in [0.25, 0.3) is 11.4 Å². The molecule has 2 aliphatic rings. The number of aryl methyl sites for hydroxylation is 1. The van der Waals surface area contributed by atoms with E-state index in [2.05, 4.69) is 15.4 Å². The second kappa shape index (κ2) is 9.07. The number of para-hydroxylation sites is 2. The number of pyridine rings is 1. The maximum absolute atomic E-state index is 13.0. The van der Waals surface area contributed by atoms with Crippen LogP contribution in [-0.2, 0) is 18.4 Å². The first-order chi connectivity index (χ1) is 16.1. The topological polar surface area (TPSA) is 92.5 Å². The van der Waals surface area contributed by atoms with Gasteiger partial charge in [-0.2, -0.15) is 5.10 Å². The first kappa shape index (κ1) is 21.2. The van der Waals surface area contributed by atoms with Crippen LogP contribution in [0.3, 0.4) is 0 Å². The number of fused-ring (bicyclic) bond motifs is 1. The fourth-order valence-electron chi connectivity index (χ4n) is 4.35. The molecule has 0 spiro atoms. The van der Waals surface area contributed by atoms with Gasteiger partial charge in [-0.1, -0.05) is 25.0 Å². The van der Waals surface area contributed by atoms with Crippen LogP contribution >= 0.6 is 0 Å². The second-order valence-electron chi connectivity index (χ2n) is 8.55. The summed E-state index contributed by atoms with van der Waals surface area (Å²) in [6.07, 6.45) is 8.34. The molecule has 1 aliphatic carbocycles. The quantitative estimate of drug-likeness (QED) is 0.627. The SMILES string of the molecule is Cn1ccc(-c2cc(CN3C=C(C(=O)N[C@H]4CCCC[C@@H]4O)Oc4ccccc43)ccn2)n1. The van der Waals surface area contributed by atoms with Gasteiger partial charge < -0.3 is 20.1 Å². The normalized spacial score (nSPS) is 19.9. The number of nitrogens with one attached hydrogen (secondary N) is 1. The third-order valence-corrected chi connectivity index (χ3v) is 6.09. The molecule has 2 atom stereocenters. The number of nitrogens with zero attached hydrogens (tertiary/aromatic N) is 4. The van der Waals surface area contributed by atoms with Crippen molar-refractivity contribution in [2.75, 3.05) is 4.90 Å². The van der Waals surface area contributed by atoms with E-state index in [1.54, 1.807) is 17.1 Å². The number of rotatable bonds is 5. The van der Waals surface area contributed by atoms with Gasteiger partial charge in [0.15, 0.2) is 5.75 Å². The summed E-state index contributed by atoms with van der Waals surface area (Å²) in [6, 6.07) is 13.3. The summed E-state index contributed by atoms with van der Waals surface area (Å²) in [5, 5.41) is 17.6. The number of aromatic nitrogens is 3. The van der Waals surface area contributed by atoms with Crippen molar-refractivity contribution in [3.63, 3.8) is 0 Å². The minimum atomic E-state index is -0.517. The van der Waals surface area contributed by atoms with Gasteiger partial charge in [0.2, 0.25) is 5.76 Å². The number of hydrogen-bond acceptors (Lipinski definition) is 6. The van der Waals surface area contributed by atoms with Gasteiger partial charge in [0.25, 0.3) is 5.91 Å². The molecule has 0 radical (unpaired) electrons. The Morgan fingerprint density at radius 2 is 2.03 bits per heavy atom. The average molecular weight is 446 g/mol. The summed E-state index contributed by atoms with van der Waals surface area (Å²) >= 11 is 0. The van der Waals surface area contributed by atoms with E-state index in [0.717, 1.165) is 41.9 Å². The van der Waals surface area contributed by atoms with E-state index in [1.165, 1.54) is 0 Å². The first-order valence-electron chi connectivity index (χ1n) is 11.3. The van der Waals surface area contributed by atoms with Crippen LogP contribution in [-0.4, -0.2) is 37.9 Å². The lowest BCUT2D eigenvalue weighted by molar-refractivity contribution is -0.121. The van der Waals surface area contributed by atoms with E-state index in [1.807, 2.05) is 60.6 Å². The number of carbonyl (C=O) groups is 1. The molecule has 0 bridgehead atoms. The Labute approximate surface area is 192 Å². The van der Waals surface area contributed by atoms with Crippen LogP contribution in [0.1, 0.15) is 31.2 Å². The molecule has 3 heterocycles. The average Bonchev–Trinajstić information content (AvgIpc) is 3.27. The summed E-state index contributed by atoms with van der Waals surface area (Å²) < 4.78 is 7.68. The van der Waals surface area contributed by atoms with Crippen molar-refractivity contribution in [2.45, 2.75) is 44.4 Å². The van der Waals surface area contributed by atoms with Crippen LogP contribution in [0.2, 0.25) is 0 Å². The largest absolute Gasteiger partial charge is 0.448 e. The molecule has 1 amide bonds. The van der Waals surface area contributed by atoms with Crippen LogP contribution in [0, 0.1) is 0 Å². The molecule has 2 N–H and O–H groups in total. The van der Waals surface area contributed by atoms with E-state index < -0.39 is 6.10 Å². The molecular weight excluding hydrogens is 418 g/mol. The van der Waals surface area contributed by atoms with Crippen LogP contribution < -0.4 is 15.0 Å². The zero-order valence-electron chi connectivity index (χ0n) is 18.5. The van der Waals surface area contributed by atoms with Crippen LogP contribution in [0.4, 0.5) is 5.69 Å². The Morgan fingerprint density at radius 3 is 2.85 bits per heavy atom. The molecule has 1 aromatic carbocycles. The van der Waals surface area contributed by atoms with Gasteiger partial charge in [-0.25, -0.2) is 0 Å². The Morgan fingerprint density at radius 1 is 1.18 bits per heavy atom. The smallest absolute Gasteiger partial charge is 0.288 e. The van der Waals surface area contributed by atoms with Gasteiger partial charge >= 0.3 is 0 Å². The molecular formula is C25H27N5O3. The summed E-state index contributed by atoms with van der Waals surface area (Å²) in [5.74, 6) is 0.517. The van der Waals surface area contributed by atoms with E-state index in [-0.39, 0.29) is 17.7 Å². The summed E-state index contributed by atoms with van der Waals surface area (Å²) in [7, 11) is 1.88. The van der Waals surface area contributed by atoms with E-state index in [9.17, 15) is 9.90 Å². The molecule has 33 heavy (non-hydrogen) atoms. The lowest BCUT2D eigenvalue weighted by Gasteiger charge is -2.31. The Balaban J connectivity index is 1.39. The zero-order chi connectivity index (χ0) is 22.8. The fourth-order valence-corrected chi connectivity index (χ4v) is 4.35. The molecule has 3 aromatic rings. The van der Waals surface area contributed by atoms with Crippen molar-refractivity contribution >= 4 is 11.6 Å². The maximum atomic E-state index is 13.0. The van der Waals surface area contributed by atoms with Crippen molar-refractivity contribution in [1.82, 2.24) is 20.1 Å². The van der Waals surface area contributed by atoms with Gasteiger partial charge in [0.1, 0.15) is 5.69 Å². The number of benzene rings is 1. The van der Waals surface area contributed by atoms with Gasteiger partial charge in [-0.15, -0.1) is 0 Å². The fraction of sp³-hybridized carbons (Fsp3) is 0.320. The number of aliphatic hydroxyl groups is 1. The Hall–Kier alpha value is -3.65. The first-order valence-corrected chi connectivity index (χ1v) is 11.3. The van der Waals surface area contributed by atoms with E-state index in [0.29, 0.717) is 18.7 Å². The van der Waals surface area contributed by atoms with Gasteiger partial charge in [-0.3, -0.25) is 14.5 Å². The Bertz CT molecular complexity index is 1190. The number of amides is 1. The predicted molar refractivity (Wildman–Crippen MR) is 124 cm³/mol. The number of aliphatic hydroxyl groups excluding tert-OH is 1. The minimum absolute atomic E-state index is 0.213. The van der Waals surface area contributed by atoms with E-state index >= 15 is 0 Å². The van der Waals surface area contributed by atoms with Crippen molar-refractivity contribution in [2.24, 2.45) is 7.05 Å².